The van der Waals surface area contributed by atoms with Crippen LogP contribution in [0.1, 0.15) is 13.8 Å². The maximum atomic E-state index is 12.6. The monoisotopic (exact) mass is 346 g/mol. The molecule has 0 aliphatic heterocycles. The molecule has 1 nitrogen and oxygen atoms in total. The van der Waals surface area contributed by atoms with E-state index < -0.39 is 49.8 Å². The molecule has 0 rings (SSSR count). The van der Waals surface area contributed by atoms with Gasteiger partial charge in [0.15, 0.2) is 0 Å². The molecule has 0 amide bonds. The highest BCUT2D eigenvalue weighted by Crippen LogP contribution is 2.53. The van der Waals surface area contributed by atoms with Gasteiger partial charge in [-0.3, -0.25) is 0 Å². The van der Waals surface area contributed by atoms with Crippen LogP contribution in [0.25, 0.3) is 0 Å². The highest BCUT2D eigenvalue weighted by Gasteiger charge is 2.79. The molecule has 0 unspecified atom stereocenters. The van der Waals surface area contributed by atoms with Crippen LogP contribution in [0.3, 0.4) is 0 Å². The van der Waals surface area contributed by atoms with Crippen LogP contribution in [0.2, 0.25) is 0 Å². The zero-order chi connectivity index (χ0) is 17.7. The Morgan fingerprint density at radius 2 is 0.667 bits per heavy atom. The number of hydrogen-bond donors (Lipinski definition) is 0. The van der Waals surface area contributed by atoms with Crippen LogP contribution in [0.5, 0.6) is 0 Å². The summed E-state index contributed by atoms with van der Waals surface area (Å²) in [4.78, 5) is 0. The summed E-state index contributed by atoms with van der Waals surface area (Å²) in [5.74, 6) is -24.7. The predicted octanol–water partition coefficient (Wildman–Crippen LogP) is 4.77. The van der Waals surface area contributed by atoms with E-state index in [4.69, 9.17) is 0 Å². The Labute approximate surface area is 108 Å². The molecule has 0 spiro atoms. The van der Waals surface area contributed by atoms with E-state index >= 15 is 0 Å². The fourth-order valence-electron chi connectivity index (χ4n) is 0.800. The van der Waals surface area contributed by atoms with E-state index in [1.54, 1.807) is 4.74 Å². The topological polar surface area (TPSA) is 9.23 Å². The van der Waals surface area contributed by atoms with Crippen LogP contribution < -0.4 is 0 Å². The molecule has 0 N–H and O–H groups in total. The van der Waals surface area contributed by atoms with Gasteiger partial charge in [0.2, 0.25) is 0 Å². The van der Waals surface area contributed by atoms with E-state index in [0.717, 1.165) is 0 Å². The Hall–Kier alpha value is -0.880. The Morgan fingerprint density at radius 1 is 0.476 bits per heavy atom. The zero-order valence-electron chi connectivity index (χ0n) is 9.94. The second kappa shape index (κ2) is 4.81. The molecule has 0 aromatic rings. The van der Waals surface area contributed by atoms with Crippen molar-refractivity contribution >= 4 is 0 Å². The van der Waals surface area contributed by atoms with Gasteiger partial charge in [0.1, 0.15) is 0 Å². The summed E-state index contributed by atoms with van der Waals surface area (Å²) >= 11 is 0. The number of hydrogen-bond acceptors (Lipinski definition) is 1. The van der Waals surface area contributed by atoms with Gasteiger partial charge in [-0.25, -0.2) is 4.74 Å². The maximum absolute atomic E-state index is 12.6. The van der Waals surface area contributed by atoms with E-state index in [1.807, 2.05) is 0 Å². The molecule has 0 saturated carbocycles. The molecule has 0 bridgehead atoms. The normalized spacial score (nSPS) is 16.3. The first-order valence-electron chi connectivity index (χ1n) is 4.68. The van der Waals surface area contributed by atoms with E-state index in [0.29, 0.717) is 0 Å². The van der Waals surface area contributed by atoms with Gasteiger partial charge in [0, 0.05) is 13.8 Å². The van der Waals surface area contributed by atoms with Gasteiger partial charge in [-0.15, -0.1) is 0 Å². The fourth-order valence-corrected chi connectivity index (χ4v) is 0.800. The molecule has 128 valence electrons. The predicted molar refractivity (Wildman–Crippen MR) is 42.1 cm³/mol. The molecular formula is C8H6F12O. The Balaban J connectivity index is 5.65. The molecule has 0 aromatic carbocycles. The van der Waals surface area contributed by atoms with Crippen molar-refractivity contribution in [1.82, 2.24) is 0 Å². The SMILES string of the molecule is CC(F)(F)C(F)(F)C(F)(F)OC(F)(F)C(F)(F)C(C)(F)F. The number of halogens is 12. The molecule has 0 atom stereocenters. The Morgan fingerprint density at radius 3 is 0.810 bits per heavy atom. The second-order valence-corrected chi connectivity index (χ2v) is 4.06. The molecule has 0 radical (unpaired) electrons. The minimum Gasteiger partial charge on any atom is -0.245 e. The van der Waals surface area contributed by atoms with Gasteiger partial charge in [0.05, 0.1) is 0 Å². The van der Waals surface area contributed by atoms with Gasteiger partial charge >= 0.3 is 35.9 Å². The van der Waals surface area contributed by atoms with Crippen molar-refractivity contribution < 1.29 is 57.4 Å². The second-order valence-electron chi connectivity index (χ2n) is 4.06. The van der Waals surface area contributed by atoms with Crippen LogP contribution >= 0.6 is 0 Å². The third kappa shape index (κ3) is 3.31. The molecule has 21 heavy (non-hydrogen) atoms. The maximum Gasteiger partial charge on any atom is 0.430 e. The van der Waals surface area contributed by atoms with E-state index in [-0.39, 0.29) is 0 Å². The van der Waals surface area contributed by atoms with Crippen LogP contribution in [-0.4, -0.2) is 35.9 Å². The number of alkyl halides is 12. The Kier molecular flexibility index (Phi) is 4.61. The van der Waals surface area contributed by atoms with Gasteiger partial charge in [0.25, 0.3) is 0 Å². The lowest BCUT2D eigenvalue weighted by atomic mass is 10.1. The van der Waals surface area contributed by atoms with Gasteiger partial charge in [-0.05, 0) is 0 Å². The van der Waals surface area contributed by atoms with Crippen molar-refractivity contribution in [2.24, 2.45) is 0 Å². The quantitative estimate of drug-likeness (QED) is 0.630. The third-order valence-corrected chi connectivity index (χ3v) is 2.09. The van der Waals surface area contributed by atoms with Crippen LogP contribution in [-0.2, 0) is 4.74 Å². The molecule has 0 saturated heterocycles. The molecule has 0 aliphatic rings. The summed E-state index contributed by atoms with van der Waals surface area (Å²) in [7, 11) is 0. The standard InChI is InChI=1S/C8H6F12O/c1-3(9,10)5(13,14)7(17,18)21-8(19,20)6(15,16)4(2,11)12/h1-2H3. The van der Waals surface area contributed by atoms with Crippen molar-refractivity contribution in [3.05, 3.63) is 0 Å². The fraction of sp³-hybridized carbons (Fsp3) is 1.00. The molecular weight excluding hydrogens is 340 g/mol. The number of rotatable bonds is 6. The van der Waals surface area contributed by atoms with E-state index in [1.165, 1.54) is 0 Å². The first kappa shape index (κ1) is 20.1. The minimum atomic E-state index is -6.86. The third-order valence-electron chi connectivity index (χ3n) is 2.09. The minimum absolute atomic E-state index is 0.838. The summed E-state index contributed by atoms with van der Waals surface area (Å²) in [6.45, 7) is -1.68. The van der Waals surface area contributed by atoms with Crippen LogP contribution in [0, 0.1) is 0 Å². The lowest BCUT2D eigenvalue weighted by molar-refractivity contribution is -0.498. The lowest BCUT2D eigenvalue weighted by Crippen LogP contribution is -2.61. The smallest absolute Gasteiger partial charge is 0.245 e. The summed E-state index contributed by atoms with van der Waals surface area (Å²) in [5, 5.41) is 0. The zero-order valence-corrected chi connectivity index (χ0v) is 9.94. The Bertz CT molecular complexity index is 340. The van der Waals surface area contributed by atoms with Crippen molar-refractivity contribution in [2.75, 3.05) is 0 Å². The number of ether oxygens (including phenoxy) is 1. The molecule has 13 heteroatoms. The molecule has 0 fully saturated rings. The molecule has 0 heterocycles. The highest BCUT2D eigenvalue weighted by atomic mass is 19.4. The summed E-state index contributed by atoms with van der Waals surface area (Å²) in [6.07, 6.45) is -13.7. The van der Waals surface area contributed by atoms with E-state index in [2.05, 4.69) is 0 Å². The molecule has 0 aliphatic carbocycles. The van der Waals surface area contributed by atoms with Gasteiger partial charge in [-0.1, -0.05) is 0 Å². The lowest BCUT2D eigenvalue weighted by Gasteiger charge is -2.36. The van der Waals surface area contributed by atoms with Crippen molar-refractivity contribution in [1.29, 1.82) is 0 Å². The van der Waals surface area contributed by atoms with Crippen molar-refractivity contribution in [2.45, 2.75) is 49.8 Å². The first-order chi connectivity index (χ1) is 8.71. The van der Waals surface area contributed by atoms with Crippen LogP contribution in [0.4, 0.5) is 52.7 Å². The molecule has 0 aromatic heterocycles. The highest BCUT2D eigenvalue weighted by molar-refractivity contribution is 4.93. The van der Waals surface area contributed by atoms with Crippen molar-refractivity contribution in [3.63, 3.8) is 0 Å². The van der Waals surface area contributed by atoms with Gasteiger partial charge in [-0.2, -0.15) is 52.7 Å². The summed E-state index contributed by atoms with van der Waals surface area (Å²) in [5.41, 5.74) is 0. The largest absolute Gasteiger partial charge is 0.430 e. The van der Waals surface area contributed by atoms with Gasteiger partial charge < -0.3 is 0 Å². The average Bonchev–Trinajstić information content (AvgIpc) is 2.11. The van der Waals surface area contributed by atoms with Crippen molar-refractivity contribution in [3.8, 4) is 0 Å². The van der Waals surface area contributed by atoms with E-state index in [9.17, 15) is 52.7 Å². The summed E-state index contributed by atoms with van der Waals surface area (Å²) in [6, 6.07) is 0. The summed E-state index contributed by atoms with van der Waals surface area (Å²) < 4.78 is 151. The average molecular weight is 346 g/mol. The van der Waals surface area contributed by atoms with Crippen LogP contribution in [0.15, 0.2) is 0 Å². The first-order valence-corrected chi connectivity index (χ1v) is 4.68.